The van der Waals surface area contributed by atoms with Crippen LogP contribution < -0.4 is 5.32 Å². The molecule has 6 unspecified atom stereocenters. The van der Waals surface area contributed by atoms with Crippen LogP contribution in [0.1, 0.15) is 48.0 Å². The fraction of sp³-hybridized carbons (Fsp3) is 0.833. The summed E-state index contributed by atoms with van der Waals surface area (Å²) in [5.41, 5.74) is 0. The van der Waals surface area contributed by atoms with E-state index in [0.717, 1.165) is 6.54 Å². The van der Waals surface area contributed by atoms with Crippen molar-refractivity contribution in [3.63, 3.8) is 0 Å². The predicted octanol–water partition coefficient (Wildman–Crippen LogP) is 2.21. The molecule has 0 aromatic heterocycles. The number of carbonyl (C=O) groups is 2. The van der Waals surface area contributed by atoms with Crippen molar-refractivity contribution in [2.75, 3.05) is 13.1 Å². The molecule has 0 aromatic rings. The molecule has 138 valence electrons. The van der Waals surface area contributed by atoms with Crippen LogP contribution in [0.4, 0.5) is 0 Å². The highest BCUT2D eigenvalue weighted by Crippen LogP contribution is 2.24. The Hall–Kier alpha value is -1.43. The monoisotopic (exact) mass is 340 g/mol. The van der Waals surface area contributed by atoms with Crippen LogP contribution >= 0.6 is 0 Å². The first-order valence-corrected chi connectivity index (χ1v) is 9.04. The number of hydrogen-bond acceptors (Lipinski definition) is 6. The molecule has 2 heterocycles. The normalized spacial score (nSPS) is 30.9. The number of rotatable bonds is 5. The van der Waals surface area contributed by atoms with Gasteiger partial charge in [-0.25, -0.2) is 0 Å². The first kappa shape index (κ1) is 20.6. The van der Waals surface area contributed by atoms with Gasteiger partial charge in [-0.3, -0.25) is 14.6 Å². The second-order valence-electron chi connectivity index (χ2n) is 6.43. The van der Waals surface area contributed by atoms with Crippen LogP contribution in [0, 0.1) is 17.8 Å². The van der Waals surface area contributed by atoms with E-state index in [0.29, 0.717) is 13.0 Å². The summed E-state index contributed by atoms with van der Waals surface area (Å²) >= 11 is 0. The van der Waals surface area contributed by atoms with E-state index in [9.17, 15) is 9.59 Å². The zero-order valence-electron chi connectivity index (χ0n) is 15.7. The van der Waals surface area contributed by atoms with Crippen molar-refractivity contribution in [3.8, 4) is 0 Å². The molecule has 0 aromatic carbocycles. The molecular formula is C18H32N2O4. The Labute approximate surface area is 145 Å². The van der Waals surface area contributed by atoms with E-state index in [2.05, 4.69) is 10.3 Å². The van der Waals surface area contributed by atoms with Gasteiger partial charge in [0.15, 0.2) is 0 Å². The standard InChI is InChI=1S/C16H26N2O4.C2H6/c1-9-7-18-10(2)14(9)16(20)22-12(4)11(3)21-15(19)13-5-6-17-8-13;1-2/h8-14,18H,5-7H2,1-4H3;1-2H3. The lowest BCUT2D eigenvalue weighted by molar-refractivity contribution is -0.170. The molecule has 2 aliphatic rings. The molecule has 2 aliphatic heterocycles. The number of nitrogens with zero attached hydrogens (tertiary/aromatic N) is 1. The zero-order valence-corrected chi connectivity index (χ0v) is 15.7. The quantitative estimate of drug-likeness (QED) is 0.777. The zero-order chi connectivity index (χ0) is 18.3. The lowest BCUT2D eigenvalue weighted by Gasteiger charge is -2.25. The third-order valence-corrected chi connectivity index (χ3v) is 4.61. The minimum atomic E-state index is -0.467. The molecule has 0 aliphatic carbocycles. The number of carbonyl (C=O) groups excluding carboxylic acids is 2. The first-order chi connectivity index (χ1) is 11.4. The van der Waals surface area contributed by atoms with Crippen LogP contribution in [0.5, 0.6) is 0 Å². The van der Waals surface area contributed by atoms with E-state index in [-0.39, 0.29) is 35.7 Å². The van der Waals surface area contributed by atoms with E-state index in [4.69, 9.17) is 9.47 Å². The van der Waals surface area contributed by atoms with Crippen LogP contribution in [0.2, 0.25) is 0 Å². The Morgan fingerprint density at radius 2 is 1.71 bits per heavy atom. The summed E-state index contributed by atoms with van der Waals surface area (Å²) in [4.78, 5) is 28.3. The molecule has 0 radical (unpaired) electrons. The Morgan fingerprint density at radius 1 is 1.12 bits per heavy atom. The van der Waals surface area contributed by atoms with Gasteiger partial charge in [0.05, 0.1) is 11.8 Å². The Balaban J connectivity index is 0.00000139. The van der Waals surface area contributed by atoms with Gasteiger partial charge in [-0.05, 0) is 39.7 Å². The summed E-state index contributed by atoms with van der Waals surface area (Å²) in [5.74, 6) is -0.664. The topological polar surface area (TPSA) is 77.0 Å². The van der Waals surface area contributed by atoms with Crippen molar-refractivity contribution >= 4 is 18.2 Å². The lowest BCUT2D eigenvalue weighted by Crippen LogP contribution is -2.37. The van der Waals surface area contributed by atoms with Gasteiger partial charge >= 0.3 is 11.9 Å². The minimum absolute atomic E-state index is 0.113. The second-order valence-corrected chi connectivity index (χ2v) is 6.43. The number of esters is 2. The number of ether oxygens (including phenoxy) is 2. The molecule has 1 fully saturated rings. The predicted molar refractivity (Wildman–Crippen MR) is 94.0 cm³/mol. The molecule has 0 bridgehead atoms. The maximum Gasteiger partial charge on any atom is 0.314 e. The molecule has 0 amide bonds. The SMILES string of the molecule is CC.CC1CNC(C)C1C(=O)OC(C)C(C)OC(=O)C1C=NCC1. The maximum absolute atomic E-state index is 12.3. The fourth-order valence-corrected chi connectivity index (χ4v) is 2.95. The van der Waals surface area contributed by atoms with E-state index in [1.165, 1.54) is 0 Å². The number of aliphatic imine (C=N–C) groups is 1. The average Bonchev–Trinajstić information content (AvgIpc) is 3.19. The largest absolute Gasteiger partial charge is 0.458 e. The highest BCUT2D eigenvalue weighted by atomic mass is 16.6. The van der Waals surface area contributed by atoms with Crippen LogP contribution in [0.15, 0.2) is 4.99 Å². The summed E-state index contributed by atoms with van der Waals surface area (Å²) in [6.45, 7) is 13.0. The van der Waals surface area contributed by atoms with Gasteiger partial charge in [-0.1, -0.05) is 20.8 Å². The van der Waals surface area contributed by atoms with E-state index in [1.807, 2.05) is 27.7 Å². The van der Waals surface area contributed by atoms with Crippen molar-refractivity contribution in [1.29, 1.82) is 0 Å². The fourth-order valence-electron chi connectivity index (χ4n) is 2.95. The molecule has 6 nitrogen and oxygen atoms in total. The van der Waals surface area contributed by atoms with Crippen LogP contribution in [-0.2, 0) is 19.1 Å². The second kappa shape index (κ2) is 9.77. The van der Waals surface area contributed by atoms with E-state index in [1.54, 1.807) is 20.1 Å². The molecular weight excluding hydrogens is 308 g/mol. The average molecular weight is 340 g/mol. The summed E-state index contributed by atoms with van der Waals surface area (Å²) in [6, 6.07) is 0.113. The van der Waals surface area contributed by atoms with Gasteiger partial charge in [0.2, 0.25) is 0 Å². The third kappa shape index (κ3) is 5.30. The van der Waals surface area contributed by atoms with Crippen LogP contribution in [-0.4, -0.2) is 49.5 Å². The van der Waals surface area contributed by atoms with Crippen LogP contribution in [0.25, 0.3) is 0 Å². The lowest BCUT2D eigenvalue weighted by atomic mass is 9.93. The maximum atomic E-state index is 12.3. The van der Waals surface area contributed by atoms with Crippen molar-refractivity contribution in [1.82, 2.24) is 5.32 Å². The number of hydrogen-bond donors (Lipinski definition) is 1. The molecule has 24 heavy (non-hydrogen) atoms. The highest BCUT2D eigenvalue weighted by Gasteiger charge is 2.38. The Kier molecular flexibility index (Phi) is 8.39. The van der Waals surface area contributed by atoms with Gasteiger partial charge in [0.25, 0.3) is 0 Å². The van der Waals surface area contributed by atoms with Crippen molar-refractivity contribution in [2.45, 2.75) is 66.2 Å². The molecule has 0 spiro atoms. The first-order valence-electron chi connectivity index (χ1n) is 9.04. The third-order valence-electron chi connectivity index (χ3n) is 4.61. The van der Waals surface area contributed by atoms with Crippen molar-refractivity contribution in [3.05, 3.63) is 0 Å². The van der Waals surface area contributed by atoms with E-state index < -0.39 is 12.2 Å². The smallest absolute Gasteiger partial charge is 0.314 e. The minimum Gasteiger partial charge on any atom is -0.458 e. The highest BCUT2D eigenvalue weighted by molar-refractivity contribution is 5.90. The molecule has 6 atom stereocenters. The molecule has 6 heteroatoms. The Morgan fingerprint density at radius 3 is 2.17 bits per heavy atom. The van der Waals surface area contributed by atoms with Gasteiger partial charge in [0, 0.05) is 18.8 Å². The summed E-state index contributed by atoms with van der Waals surface area (Å²) in [6.07, 6.45) is 1.40. The van der Waals surface area contributed by atoms with Gasteiger partial charge < -0.3 is 14.8 Å². The summed E-state index contributed by atoms with van der Waals surface area (Å²) < 4.78 is 10.9. The van der Waals surface area contributed by atoms with Crippen molar-refractivity contribution < 1.29 is 19.1 Å². The molecule has 0 saturated carbocycles. The number of nitrogens with one attached hydrogen (secondary N) is 1. The summed E-state index contributed by atoms with van der Waals surface area (Å²) in [7, 11) is 0. The summed E-state index contributed by atoms with van der Waals surface area (Å²) in [5, 5.41) is 3.27. The van der Waals surface area contributed by atoms with Crippen molar-refractivity contribution in [2.24, 2.45) is 22.7 Å². The van der Waals surface area contributed by atoms with Gasteiger partial charge in [0.1, 0.15) is 12.2 Å². The van der Waals surface area contributed by atoms with Gasteiger partial charge in [-0.2, -0.15) is 0 Å². The van der Waals surface area contributed by atoms with E-state index >= 15 is 0 Å². The van der Waals surface area contributed by atoms with Crippen LogP contribution in [0.3, 0.4) is 0 Å². The van der Waals surface area contributed by atoms with Gasteiger partial charge in [-0.15, -0.1) is 0 Å². The molecule has 1 N–H and O–H groups in total. The molecule has 1 saturated heterocycles. The molecule has 2 rings (SSSR count). The Bertz CT molecular complexity index is 442.